The second-order valence-corrected chi connectivity index (χ2v) is 37.1. The Morgan fingerprint density at radius 1 is 0.360 bits per heavy atom. The lowest BCUT2D eigenvalue weighted by atomic mass is 9.98. The normalized spacial score (nSPS) is 11.8. The lowest BCUT2D eigenvalue weighted by Crippen LogP contribution is -2.21. The molecule has 7 aromatic carbocycles. The SMILES string of the molecule is COc1cc(-n2ccnc(Sc3ccc(C(F)(F)F)cc3)c2=O)ccc1OCC(C)(C)C.COc1cc(-n2ccnc(Sc3ccc(OC(F)(F)F)cc3)c2=O)ccc1OCC(C)(C)C.Cc1cc(-n2ccnc(SCCc3ccccc3)c2=O)ccc1OCC(C)(C)C.Cc1cc(-n2ccnc(Sc3ccc(C(F)(F)F)cn3)c2=O)ccc1OCC(C)(C)C. The third-order valence-corrected chi connectivity index (χ3v) is 20.9. The summed E-state index contributed by atoms with van der Waals surface area (Å²) in [5, 5.41) is 1.18. The van der Waals surface area contributed by atoms with Crippen LogP contribution in [0.5, 0.6) is 40.2 Å². The molecule has 662 valence electrons. The first-order valence-corrected chi connectivity index (χ1v) is 42.3. The van der Waals surface area contributed by atoms with Crippen LogP contribution >= 0.6 is 47.0 Å². The van der Waals surface area contributed by atoms with Crippen molar-refractivity contribution in [3.8, 4) is 63.0 Å². The van der Waals surface area contributed by atoms with Gasteiger partial charge < -0.3 is 33.2 Å². The molecule has 0 unspecified atom stereocenters. The molecule has 12 rings (SSSR count). The maximum atomic E-state index is 13.0. The molecule has 0 spiro atoms. The molecule has 12 aromatic rings. The number of alkyl halides is 9. The molecule has 5 aromatic heterocycles. The van der Waals surface area contributed by atoms with Gasteiger partial charge in [0.25, 0.3) is 22.2 Å². The Labute approximate surface area is 735 Å². The molecule has 0 aliphatic carbocycles. The fourth-order valence-corrected chi connectivity index (χ4v) is 14.1. The molecule has 0 saturated heterocycles. The Bertz CT molecular complexity index is 5850. The highest BCUT2D eigenvalue weighted by molar-refractivity contribution is 8.00. The number of benzene rings is 7. The van der Waals surface area contributed by atoms with Gasteiger partial charge in [-0.2, -0.15) is 26.3 Å². The van der Waals surface area contributed by atoms with E-state index in [9.17, 15) is 58.7 Å². The first-order chi connectivity index (χ1) is 58.7. The fraction of sp³-hybridized carbons (Fsp3) is 0.315. The van der Waals surface area contributed by atoms with Crippen LogP contribution in [0.1, 0.15) is 111 Å². The van der Waals surface area contributed by atoms with E-state index in [1.807, 2.05) is 62.4 Å². The molecule has 125 heavy (non-hydrogen) atoms. The van der Waals surface area contributed by atoms with E-state index in [0.717, 1.165) is 100 Å². The van der Waals surface area contributed by atoms with E-state index >= 15 is 0 Å². The lowest BCUT2D eigenvalue weighted by Gasteiger charge is -2.20. The second-order valence-electron chi connectivity index (χ2n) is 32.9. The number of methoxy groups -OCH3 is 2. The quantitative estimate of drug-likeness (QED) is 0.0384. The Balaban J connectivity index is 0.000000189. The molecule has 0 radical (unpaired) electrons. The average Bonchev–Trinajstić information content (AvgIpc) is 0.811. The summed E-state index contributed by atoms with van der Waals surface area (Å²) in [5.41, 5.74) is 2.89. The van der Waals surface area contributed by atoms with E-state index in [2.05, 4.69) is 125 Å². The van der Waals surface area contributed by atoms with Gasteiger partial charge in [0.05, 0.1) is 63.1 Å². The molecule has 0 fully saturated rings. The van der Waals surface area contributed by atoms with Crippen LogP contribution in [-0.4, -0.2) is 96.0 Å². The van der Waals surface area contributed by atoms with Crippen LogP contribution in [0.4, 0.5) is 39.5 Å². The molecular formula is C92H96F9N9O11S4. The van der Waals surface area contributed by atoms with Crippen molar-refractivity contribution in [2.45, 2.75) is 157 Å². The maximum Gasteiger partial charge on any atom is 0.573 e. The van der Waals surface area contributed by atoms with Gasteiger partial charge in [-0.1, -0.05) is 137 Å². The van der Waals surface area contributed by atoms with Crippen LogP contribution in [0.3, 0.4) is 0 Å². The Morgan fingerprint density at radius 3 is 1.06 bits per heavy atom. The minimum absolute atomic E-state index is 0.0195. The van der Waals surface area contributed by atoms with Gasteiger partial charge in [0.1, 0.15) is 22.3 Å². The van der Waals surface area contributed by atoms with Crippen LogP contribution in [0, 0.1) is 35.5 Å². The van der Waals surface area contributed by atoms with Gasteiger partial charge in [-0.05, 0) is 192 Å². The Morgan fingerprint density at radius 2 is 0.704 bits per heavy atom. The zero-order valence-corrected chi connectivity index (χ0v) is 74.8. The number of rotatable bonds is 25. The van der Waals surface area contributed by atoms with Gasteiger partial charge in [0.15, 0.2) is 43.1 Å². The molecule has 0 atom stereocenters. The van der Waals surface area contributed by atoms with Crippen molar-refractivity contribution in [3.63, 3.8) is 0 Å². The van der Waals surface area contributed by atoms with E-state index in [1.54, 1.807) is 59.4 Å². The number of nitrogens with zero attached hydrogens (tertiary/aromatic N) is 9. The number of hydrogen-bond acceptors (Lipinski definition) is 20. The molecule has 33 heteroatoms. The van der Waals surface area contributed by atoms with Crippen molar-refractivity contribution in [2.24, 2.45) is 21.7 Å². The standard InChI is InChI=1S/C24H28N2O2S.C23H23F3N2O4S.C23H23F3N2O3S.C22H22F3N3O2S/c1-18-16-20(10-11-21(18)28-17-24(2,3)4)26-14-13-25-22(23(26)27)29-15-12-19-8-6-5-7-9-19;1-22(2,3)14-31-18-10-5-15(13-19(18)30-4)28-12-11-27-20(21(28)29)33-17-8-6-16(7-9-17)32-23(24,25)26;1-22(2,3)14-31-18-10-7-16(13-19(18)30-4)28-12-11-27-20(21(28)29)32-17-8-5-15(6-9-17)23(24,25)26;1-14-11-16(6-7-17(14)30-13-21(2,3)4)28-10-9-26-19(20(28)29)31-18-8-5-15(12-27-18)22(23,24)25/h5-11,13-14,16H,12,15,17H2,1-4H3;5-13H,14H2,1-4H3;5-13H,14H2,1-4H3;5-12H,13H2,1-4H3. The molecule has 0 amide bonds. The van der Waals surface area contributed by atoms with Crippen molar-refractivity contribution in [1.29, 1.82) is 0 Å². The van der Waals surface area contributed by atoms with Crippen LogP contribution < -0.4 is 55.4 Å². The van der Waals surface area contributed by atoms with Gasteiger partial charge >= 0.3 is 18.7 Å². The molecule has 0 bridgehead atoms. The Hall–Kier alpha value is -11.4. The summed E-state index contributed by atoms with van der Waals surface area (Å²) in [5.74, 6) is 4.15. The number of hydrogen-bond donors (Lipinski definition) is 0. The van der Waals surface area contributed by atoms with Crippen LogP contribution in [0.2, 0.25) is 0 Å². The van der Waals surface area contributed by atoms with Gasteiger partial charge in [0.2, 0.25) is 0 Å². The van der Waals surface area contributed by atoms with Crippen molar-refractivity contribution in [3.05, 3.63) is 289 Å². The zero-order chi connectivity index (χ0) is 91.4. The van der Waals surface area contributed by atoms with Crippen molar-refractivity contribution in [1.82, 2.24) is 43.2 Å². The summed E-state index contributed by atoms with van der Waals surface area (Å²) in [6.07, 6.45) is 0.384. The molecule has 5 heterocycles. The summed E-state index contributed by atoms with van der Waals surface area (Å²) in [6.45, 7) is 31.1. The van der Waals surface area contributed by atoms with E-state index in [-0.39, 0.29) is 58.6 Å². The van der Waals surface area contributed by atoms with Gasteiger partial charge in [-0.15, -0.1) is 24.9 Å². The first-order valence-electron chi connectivity index (χ1n) is 38.9. The maximum absolute atomic E-state index is 13.0. The predicted octanol–water partition coefficient (Wildman–Crippen LogP) is 22.4. The number of aromatic nitrogens is 9. The highest BCUT2D eigenvalue weighted by Gasteiger charge is 2.33. The topological polar surface area (TPSA) is 217 Å². The molecule has 0 aliphatic heterocycles. The van der Waals surface area contributed by atoms with E-state index in [0.29, 0.717) is 81.3 Å². The number of halogens is 9. The minimum atomic E-state index is -4.77. The summed E-state index contributed by atoms with van der Waals surface area (Å²) in [4.78, 5) is 73.2. The van der Waals surface area contributed by atoms with E-state index < -0.39 is 41.0 Å². The highest BCUT2D eigenvalue weighted by atomic mass is 32.2. The monoisotopic (exact) mass is 1800 g/mol. The number of aryl methyl sites for hydroxylation is 3. The second kappa shape index (κ2) is 42.5. The van der Waals surface area contributed by atoms with Crippen molar-refractivity contribution < 1.29 is 72.7 Å². The number of pyridine rings is 1. The summed E-state index contributed by atoms with van der Waals surface area (Å²) in [7, 11) is 3.04. The summed E-state index contributed by atoms with van der Waals surface area (Å²) >= 11 is 4.45. The third-order valence-electron chi connectivity index (χ3n) is 17.0. The zero-order valence-electron chi connectivity index (χ0n) is 71.6. The first kappa shape index (κ1) is 97.4. The predicted molar refractivity (Wildman–Crippen MR) is 469 cm³/mol. The van der Waals surface area contributed by atoms with Crippen LogP contribution in [0.15, 0.2) is 274 Å². The van der Waals surface area contributed by atoms with E-state index in [1.165, 1.54) is 125 Å². The van der Waals surface area contributed by atoms with Gasteiger partial charge in [0, 0.05) is 94.8 Å². The number of thioether (sulfide) groups is 1. The fourth-order valence-electron chi connectivity index (χ4n) is 10.9. The molecular weight excluding hydrogens is 1710 g/mol. The third kappa shape index (κ3) is 30.2. The van der Waals surface area contributed by atoms with Crippen molar-refractivity contribution in [2.75, 3.05) is 46.4 Å². The summed E-state index contributed by atoms with van der Waals surface area (Å²) < 4.78 is 157. The Kier molecular flexibility index (Phi) is 33.1. The largest absolute Gasteiger partial charge is 0.573 e. The summed E-state index contributed by atoms with van der Waals surface area (Å²) in [6, 6.07) is 43.8. The van der Waals surface area contributed by atoms with Crippen LogP contribution in [-0.2, 0) is 18.8 Å². The lowest BCUT2D eigenvalue weighted by molar-refractivity contribution is -0.274. The van der Waals surface area contributed by atoms with Crippen molar-refractivity contribution >= 4 is 47.0 Å². The van der Waals surface area contributed by atoms with Crippen LogP contribution in [0.25, 0.3) is 22.7 Å². The number of ether oxygens (including phenoxy) is 7. The molecule has 20 nitrogen and oxygen atoms in total. The average molecular weight is 1800 g/mol. The smallest absolute Gasteiger partial charge is 0.493 e. The molecule has 0 N–H and O–H groups in total. The van der Waals surface area contributed by atoms with E-state index in [4.69, 9.17) is 28.4 Å². The minimum Gasteiger partial charge on any atom is -0.493 e. The highest BCUT2D eigenvalue weighted by Crippen LogP contribution is 2.38. The van der Waals surface area contributed by atoms with Gasteiger partial charge in [-0.25, -0.2) is 24.9 Å². The van der Waals surface area contributed by atoms with Gasteiger partial charge in [-0.3, -0.25) is 37.4 Å². The molecule has 0 saturated carbocycles. The molecule has 0 aliphatic rings.